The maximum atomic E-state index is 13.7. The van der Waals surface area contributed by atoms with E-state index in [-0.39, 0.29) is 5.82 Å². The maximum Gasteiger partial charge on any atom is 0.173 e. The van der Waals surface area contributed by atoms with Crippen LogP contribution in [0.25, 0.3) is 11.3 Å². The molecule has 1 aromatic heterocycles. The SMILES string of the molecule is CCCNCc1noc(-c2ccccc2F)c1C. The van der Waals surface area contributed by atoms with Crippen molar-refractivity contribution < 1.29 is 8.91 Å². The molecule has 4 heteroatoms. The summed E-state index contributed by atoms with van der Waals surface area (Å²) in [5.74, 6) is 0.228. The van der Waals surface area contributed by atoms with Gasteiger partial charge in [0.1, 0.15) is 11.5 Å². The summed E-state index contributed by atoms with van der Waals surface area (Å²) in [4.78, 5) is 0. The van der Waals surface area contributed by atoms with Gasteiger partial charge in [-0.25, -0.2) is 4.39 Å². The molecule has 1 N–H and O–H groups in total. The lowest BCUT2D eigenvalue weighted by Crippen LogP contribution is -2.14. The van der Waals surface area contributed by atoms with E-state index in [0.29, 0.717) is 17.9 Å². The van der Waals surface area contributed by atoms with Gasteiger partial charge in [-0.2, -0.15) is 0 Å². The lowest BCUT2D eigenvalue weighted by Gasteiger charge is -2.01. The molecule has 0 aliphatic rings. The Labute approximate surface area is 106 Å². The van der Waals surface area contributed by atoms with Crippen molar-refractivity contribution in [1.29, 1.82) is 0 Å². The lowest BCUT2D eigenvalue weighted by atomic mass is 10.1. The average molecular weight is 248 g/mol. The molecule has 0 bridgehead atoms. The van der Waals surface area contributed by atoms with Crippen molar-refractivity contribution in [3.8, 4) is 11.3 Å². The Morgan fingerprint density at radius 2 is 2.11 bits per heavy atom. The summed E-state index contributed by atoms with van der Waals surface area (Å²) in [5.41, 5.74) is 2.19. The third kappa shape index (κ3) is 2.59. The lowest BCUT2D eigenvalue weighted by molar-refractivity contribution is 0.418. The van der Waals surface area contributed by atoms with Crippen molar-refractivity contribution in [2.45, 2.75) is 26.8 Å². The highest BCUT2D eigenvalue weighted by Crippen LogP contribution is 2.27. The fourth-order valence-electron chi connectivity index (χ4n) is 1.81. The summed E-state index contributed by atoms with van der Waals surface area (Å²) < 4.78 is 18.9. The van der Waals surface area contributed by atoms with Crippen molar-refractivity contribution >= 4 is 0 Å². The van der Waals surface area contributed by atoms with Crippen LogP contribution in [-0.2, 0) is 6.54 Å². The zero-order valence-corrected chi connectivity index (χ0v) is 10.7. The Balaban J connectivity index is 2.23. The van der Waals surface area contributed by atoms with Gasteiger partial charge in [0.2, 0.25) is 0 Å². The third-order valence-corrected chi connectivity index (χ3v) is 2.86. The van der Waals surface area contributed by atoms with Crippen LogP contribution in [0.3, 0.4) is 0 Å². The largest absolute Gasteiger partial charge is 0.356 e. The van der Waals surface area contributed by atoms with Crippen molar-refractivity contribution in [2.24, 2.45) is 0 Å². The van der Waals surface area contributed by atoms with Gasteiger partial charge in [-0.1, -0.05) is 24.2 Å². The van der Waals surface area contributed by atoms with Crippen LogP contribution >= 0.6 is 0 Å². The minimum atomic E-state index is -0.287. The number of halogens is 1. The van der Waals surface area contributed by atoms with Gasteiger partial charge in [0.25, 0.3) is 0 Å². The van der Waals surface area contributed by atoms with Gasteiger partial charge < -0.3 is 9.84 Å². The molecule has 18 heavy (non-hydrogen) atoms. The standard InChI is InChI=1S/C14H17FN2O/c1-3-8-16-9-13-10(2)14(18-17-13)11-6-4-5-7-12(11)15/h4-7,16H,3,8-9H2,1-2H3. The van der Waals surface area contributed by atoms with E-state index in [1.807, 2.05) is 6.92 Å². The quantitative estimate of drug-likeness (QED) is 0.825. The minimum Gasteiger partial charge on any atom is -0.356 e. The number of hydrogen-bond acceptors (Lipinski definition) is 3. The molecule has 0 saturated carbocycles. The molecule has 0 radical (unpaired) electrons. The molecule has 96 valence electrons. The molecule has 0 saturated heterocycles. The molecular weight excluding hydrogens is 231 g/mol. The van der Waals surface area contributed by atoms with Crippen molar-refractivity contribution in [2.75, 3.05) is 6.54 Å². The van der Waals surface area contributed by atoms with Crippen LogP contribution in [0.2, 0.25) is 0 Å². The predicted octanol–water partition coefficient (Wildman–Crippen LogP) is 3.29. The normalized spacial score (nSPS) is 10.8. The highest BCUT2D eigenvalue weighted by molar-refractivity contribution is 5.62. The van der Waals surface area contributed by atoms with Crippen LogP contribution in [0.15, 0.2) is 28.8 Å². The second-order valence-corrected chi connectivity index (χ2v) is 4.24. The summed E-state index contributed by atoms with van der Waals surface area (Å²) in [6.07, 6.45) is 1.07. The first-order valence-corrected chi connectivity index (χ1v) is 6.14. The molecule has 0 atom stereocenters. The van der Waals surface area contributed by atoms with E-state index in [4.69, 9.17) is 4.52 Å². The molecule has 0 unspecified atom stereocenters. The van der Waals surface area contributed by atoms with Gasteiger partial charge in [-0.05, 0) is 32.0 Å². The van der Waals surface area contributed by atoms with Crippen molar-refractivity contribution in [3.05, 3.63) is 41.3 Å². The molecule has 2 rings (SSSR count). The molecule has 3 nitrogen and oxygen atoms in total. The monoisotopic (exact) mass is 248 g/mol. The molecular formula is C14H17FN2O. The van der Waals surface area contributed by atoms with Gasteiger partial charge in [-0.15, -0.1) is 0 Å². The van der Waals surface area contributed by atoms with Crippen LogP contribution < -0.4 is 5.32 Å². The highest BCUT2D eigenvalue weighted by atomic mass is 19.1. The molecule has 0 aliphatic heterocycles. The molecule has 1 heterocycles. The average Bonchev–Trinajstić information content (AvgIpc) is 2.72. The Hall–Kier alpha value is -1.68. The molecule has 2 aromatic rings. The van der Waals surface area contributed by atoms with E-state index in [9.17, 15) is 4.39 Å². The van der Waals surface area contributed by atoms with Crippen molar-refractivity contribution in [1.82, 2.24) is 10.5 Å². The Bertz CT molecular complexity index is 522. The van der Waals surface area contributed by atoms with Crippen LogP contribution in [-0.4, -0.2) is 11.7 Å². The Morgan fingerprint density at radius 1 is 1.33 bits per heavy atom. The van der Waals surface area contributed by atoms with Gasteiger partial charge in [0, 0.05) is 12.1 Å². The Kier molecular flexibility index (Phi) is 4.10. The summed E-state index contributed by atoms with van der Waals surface area (Å²) in [7, 11) is 0. The number of benzene rings is 1. The highest BCUT2D eigenvalue weighted by Gasteiger charge is 2.16. The first-order valence-electron chi connectivity index (χ1n) is 6.14. The predicted molar refractivity (Wildman–Crippen MR) is 68.6 cm³/mol. The fraction of sp³-hybridized carbons (Fsp3) is 0.357. The van der Waals surface area contributed by atoms with E-state index in [2.05, 4.69) is 17.4 Å². The van der Waals surface area contributed by atoms with Crippen LogP contribution in [0, 0.1) is 12.7 Å². The minimum absolute atomic E-state index is 0.287. The van der Waals surface area contributed by atoms with E-state index >= 15 is 0 Å². The van der Waals surface area contributed by atoms with Crippen LogP contribution in [0.1, 0.15) is 24.6 Å². The number of rotatable bonds is 5. The summed E-state index contributed by atoms with van der Waals surface area (Å²) in [5, 5.41) is 7.26. The number of nitrogens with one attached hydrogen (secondary N) is 1. The molecule has 1 aromatic carbocycles. The summed E-state index contributed by atoms with van der Waals surface area (Å²) in [6, 6.07) is 6.57. The van der Waals surface area contributed by atoms with Gasteiger partial charge in [-0.3, -0.25) is 0 Å². The number of nitrogens with zero attached hydrogens (tertiary/aromatic N) is 1. The third-order valence-electron chi connectivity index (χ3n) is 2.86. The number of aromatic nitrogens is 1. The maximum absolute atomic E-state index is 13.7. The summed E-state index contributed by atoms with van der Waals surface area (Å²) in [6.45, 7) is 5.59. The Morgan fingerprint density at radius 3 is 2.83 bits per heavy atom. The van der Waals surface area contributed by atoms with Gasteiger partial charge >= 0.3 is 0 Å². The molecule has 0 fully saturated rings. The second kappa shape index (κ2) is 5.78. The molecule has 0 spiro atoms. The topological polar surface area (TPSA) is 38.1 Å². The zero-order chi connectivity index (χ0) is 13.0. The van der Waals surface area contributed by atoms with E-state index in [0.717, 1.165) is 24.2 Å². The first-order chi connectivity index (χ1) is 8.74. The van der Waals surface area contributed by atoms with E-state index < -0.39 is 0 Å². The van der Waals surface area contributed by atoms with E-state index in [1.54, 1.807) is 18.2 Å². The van der Waals surface area contributed by atoms with Crippen molar-refractivity contribution in [3.63, 3.8) is 0 Å². The molecule has 0 aliphatic carbocycles. The second-order valence-electron chi connectivity index (χ2n) is 4.24. The number of hydrogen-bond donors (Lipinski definition) is 1. The van der Waals surface area contributed by atoms with E-state index in [1.165, 1.54) is 6.07 Å². The molecule has 0 amide bonds. The zero-order valence-electron chi connectivity index (χ0n) is 10.7. The van der Waals surface area contributed by atoms with Crippen LogP contribution in [0.5, 0.6) is 0 Å². The smallest absolute Gasteiger partial charge is 0.173 e. The fourth-order valence-corrected chi connectivity index (χ4v) is 1.81. The van der Waals surface area contributed by atoms with Gasteiger partial charge in [0.05, 0.1) is 5.56 Å². The summed E-state index contributed by atoms with van der Waals surface area (Å²) >= 11 is 0. The van der Waals surface area contributed by atoms with Crippen LogP contribution in [0.4, 0.5) is 4.39 Å². The van der Waals surface area contributed by atoms with Gasteiger partial charge in [0.15, 0.2) is 5.76 Å². The first kappa shape index (κ1) is 12.8.